The summed E-state index contributed by atoms with van der Waals surface area (Å²) in [5, 5.41) is 13.9. The van der Waals surface area contributed by atoms with Crippen molar-refractivity contribution in [2.45, 2.75) is 29.9 Å². The Morgan fingerprint density at radius 1 is 1.24 bits per heavy atom. The number of aromatic amines is 1. The molecule has 10 heteroatoms. The van der Waals surface area contributed by atoms with E-state index >= 15 is 0 Å². The molecule has 0 atom stereocenters. The third-order valence-electron chi connectivity index (χ3n) is 6.90. The van der Waals surface area contributed by atoms with Gasteiger partial charge in [-0.2, -0.15) is 0 Å². The number of fused-ring (bicyclic) bond motifs is 3. The summed E-state index contributed by atoms with van der Waals surface area (Å²) in [6.07, 6.45) is 2.94. The van der Waals surface area contributed by atoms with Crippen molar-refractivity contribution in [3.05, 3.63) is 58.7 Å². The fourth-order valence-corrected chi connectivity index (χ4v) is 6.54. The zero-order valence-electron chi connectivity index (χ0n) is 20.7. The van der Waals surface area contributed by atoms with Gasteiger partial charge in [-0.1, -0.05) is 23.7 Å². The summed E-state index contributed by atoms with van der Waals surface area (Å²) in [4.78, 5) is 23.3. The van der Waals surface area contributed by atoms with E-state index in [-0.39, 0.29) is 22.7 Å². The minimum atomic E-state index is -3.39. The molecule has 1 saturated carbocycles. The van der Waals surface area contributed by atoms with Crippen molar-refractivity contribution >= 4 is 49.3 Å². The van der Waals surface area contributed by atoms with Crippen LogP contribution in [0, 0.1) is 6.92 Å². The number of carbonyl (C=O) groups excluding carboxylic acids is 1. The van der Waals surface area contributed by atoms with Crippen LogP contribution in [-0.4, -0.2) is 72.8 Å². The highest BCUT2D eigenvalue weighted by molar-refractivity contribution is 7.92. The Morgan fingerprint density at radius 2 is 2.03 bits per heavy atom. The summed E-state index contributed by atoms with van der Waals surface area (Å²) in [5.41, 5.74) is 4.06. The summed E-state index contributed by atoms with van der Waals surface area (Å²) in [6, 6.07) is 10.6. The molecular weight excluding hydrogens is 512 g/mol. The number of hydrogen-bond donors (Lipinski definition) is 3. The number of halogens is 1. The average molecular weight is 541 g/mol. The van der Waals surface area contributed by atoms with Gasteiger partial charge in [0.05, 0.1) is 27.3 Å². The second-order valence-electron chi connectivity index (χ2n) is 9.58. The maximum atomic E-state index is 13.3. The molecule has 2 heterocycles. The van der Waals surface area contributed by atoms with Crippen molar-refractivity contribution in [1.82, 2.24) is 20.2 Å². The lowest BCUT2D eigenvalue weighted by molar-refractivity contribution is 0.0948. The van der Waals surface area contributed by atoms with Crippen LogP contribution in [0.5, 0.6) is 0 Å². The largest absolute Gasteiger partial charge is 0.395 e. The summed E-state index contributed by atoms with van der Waals surface area (Å²) in [5.74, 6) is -0.232. The molecule has 0 radical (unpaired) electrons. The van der Waals surface area contributed by atoms with Gasteiger partial charge in [0, 0.05) is 42.2 Å². The second kappa shape index (κ2) is 10.1. The molecule has 194 valence electrons. The van der Waals surface area contributed by atoms with Crippen LogP contribution in [0.15, 0.2) is 47.5 Å². The predicted octanol–water partition coefficient (Wildman–Crippen LogP) is 3.93. The van der Waals surface area contributed by atoms with Crippen LogP contribution in [0.1, 0.15) is 28.8 Å². The topological polar surface area (TPSA) is 115 Å². The summed E-state index contributed by atoms with van der Waals surface area (Å²) in [7, 11) is -1.51. The van der Waals surface area contributed by atoms with Gasteiger partial charge in [0.25, 0.3) is 5.91 Å². The maximum absolute atomic E-state index is 13.3. The quantitative estimate of drug-likeness (QED) is 0.296. The van der Waals surface area contributed by atoms with Crippen LogP contribution in [0.4, 0.5) is 0 Å². The Morgan fingerprint density at radius 3 is 2.76 bits per heavy atom. The molecule has 2 aromatic carbocycles. The Kier molecular flexibility index (Phi) is 6.97. The number of H-pyrrole nitrogens is 1. The van der Waals surface area contributed by atoms with E-state index in [1.807, 2.05) is 37.1 Å². The summed E-state index contributed by atoms with van der Waals surface area (Å²) >= 11 is 6.29. The van der Waals surface area contributed by atoms with Gasteiger partial charge in [0.2, 0.25) is 0 Å². The van der Waals surface area contributed by atoms with E-state index in [9.17, 15) is 13.2 Å². The van der Waals surface area contributed by atoms with Gasteiger partial charge in [-0.05, 0) is 67.8 Å². The number of aliphatic hydroxyl groups excluding tert-OH is 1. The highest BCUT2D eigenvalue weighted by Gasteiger charge is 2.37. The molecule has 2 aromatic heterocycles. The lowest BCUT2D eigenvalue weighted by Crippen LogP contribution is -2.34. The fraction of sp³-hybridized carbons (Fsp3) is 0.333. The monoisotopic (exact) mass is 540 g/mol. The molecule has 1 aliphatic rings. The first-order chi connectivity index (χ1) is 17.7. The molecule has 3 N–H and O–H groups in total. The number of aliphatic hydroxyl groups is 1. The molecule has 0 spiro atoms. The Labute approximate surface area is 220 Å². The molecule has 0 bridgehead atoms. The second-order valence-corrected chi connectivity index (χ2v) is 12.2. The minimum Gasteiger partial charge on any atom is -0.395 e. The van der Waals surface area contributed by atoms with Crippen LogP contribution in [0.2, 0.25) is 5.02 Å². The number of amides is 1. The fourth-order valence-electron chi connectivity index (χ4n) is 4.68. The number of hydrogen-bond acceptors (Lipinski definition) is 6. The van der Waals surface area contributed by atoms with E-state index in [1.54, 1.807) is 24.4 Å². The number of pyridine rings is 1. The number of likely N-dealkylation sites (N-methyl/N-ethyl adjacent to an activating group) is 1. The number of aryl methyl sites for hydroxylation is 1. The van der Waals surface area contributed by atoms with Crippen molar-refractivity contribution in [2.24, 2.45) is 0 Å². The standard InChI is InChI=1S/C27H29ClN4O4S/c1-16-21(27(34)29-8-9-32(2)10-11-33)14-22(24-23-13-18(28)15-30-26(23)31-25(16)24)17-4-3-5-20(12-17)37(35,36)19-6-7-19/h3-5,12-15,19,33H,6-11H2,1-2H3,(H,29,34)(H,30,31). The highest BCUT2D eigenvalue weighted by Crippen LogP contribution is 2.40. The molecule has 5 rings (SSSR count). The van der Waals surface area contributed by atoms with Gasteiger partial charge in [-0.15, -0.1) is 0 Å². The third-order valence-corrected chi connectivity index (χ3v) is 9.36. The van der Waals surface area contributed by atoms with Gasteiger partial charge in [0.15, 0.2) is 9.84 Å². The van der Waals surface area contributed by atoms with Crippen LogP contribution in [0.3, 0.4) is 0 Å². The maximum Gasteiger partial charge on any atom is 0.251 e. The lowest BCUT2D eigenvalue weighted by Gasteiger charge is -2.16. The first-order valence-corrected chi connectivity index (χ1v) is 14.2. The Bertz CT molecular complexity index is 1610. The predicted molar refractivity (Wildman–Crippen MR) is 146 cm³/mol. The normalized spacial score (nSPS) is 14.1. The van der Waals surface area contributed by atoms with E-state index in [0.29, 0.717) is 54.3 Å². The molecule has 37 heavy (non-hydrogen) atoms. The number of sulfone groups is 1. The zero-order chi connectivity index (χ0) is 26.3. The SMILES string of the molecule is Cc1c(C(=O)NCCN(C)CCO)cc(-c2cccc(S(=O)(=O)C3CC3)c2)c2c1[nH]c1ncc(Cl)cc12. The van der Waals surface area contributed by atoms with Gasteiger partial charge in [0.1, 0.15) is 5.65 Å². The number of benzene rings is 2. The molecule has 4 aromatic rings. The lowest BCUT2D eigenvalue weighted by atomic mass is 9.94. The van der Waals surface area contributed by atoms with E-state index in [1.165, 1.54) is 0 Å². The van der Waals surface area contributed by atoms with Gasteiger partial charge in [-0.25, -0.2) is 13.4 Å². The van der Waals surface area contributed by atoms with Crippen molar-refractivity contribution in [3.8, 4) is 11.1 Å². The summed E-state index contributed by atoms with van der Waals surface area (Å²) in [6.45, 7) is 3.47. The summed E-state index contributed by atoms with van der Waals surface area (Å²) < 4.78 is 26.0. The average Bonchev–Trinajstić information content (AvgIpc) is 3.67. The van der Waals surface area contributed by atoms with Gasteiger partial charge in [-0.3, -0.25) is 4.79 Å². The van der Waals surface area contributed by atoms with Crippen LogP contribution < -0.4 is 5.32 Å². The number of rotatable bonds is 9. The van der Waals surface area contributed by atoms with Gasteiger partial charge >= 0.3 is 0 Å². The van der Waals surface area contributed by atoms with E-state index in [0.717, 1.165) is 27.4 Å². The molecule has 0 saturated heterocycles. The van der Waals surface area contributed by atoms with Gasteiger partial charge < -0.3 is 20.3 Å². The van der Waals surface area contributed by atoms with Crippen molar-refractivity contribution in [3.63, 3.8) is 0 Å². The van der Waals surface area contributed by atoms with Crippen molar-refractivity contribution in [1.29, 1.82) is 0 Å². The van der Waals surface area contributed by atoms with E-state index in [2.05, 4.69) is 15.3 Å². The number of nitrogens with zero attached hydrogens (tertiary/aromatic N) is 2. The smallest absolute Gasteiger partial charge is 0.251 e. The molecule has 8 nitrogen and oxygen atoms in total. The van der Waals surface area contributed by atoms with Crippen LogP contribution in [0.25, 0.3) is 33.1 Å². The van der Waals surface area contributed by atoms with E-state index in [4.69, 9.17) is 16.7 Å². The molecule has 1 amide bonds. The molecule has 1 aliphatic carbocycles. The Hall–Kier alpha value is -2.98. The third kappa shape index (κ3) is 4.96. The minimum absolute atomic E-state index is 0.0531. The van der Waals surface area contributed by atoms with Crippen LogP contribution in [-0.2, 0) is 9.84 Å². The zero-order valence-corrected chi connectivity index (χ0v) is 22.3. The molecule has 0 aliphatic heterocycles. The van der Waals surface area contributed by atoms with Crippen molar-refractivity contribution < 1.29 is 18.3 Å². The highest BCUT2D eigenvalue weighted by atomic mass is 35.5. The van der Waals surface area contributed by atoms with Crippen LogP contribution >= 0.6 is 11.6 Å². The molecule has 0 unspecified atom stereocenters. The molecular formula is C27H29ClN4O4S. The Balaban J connectivity index is 1.64. The molecule has 1 fully saturated rings. The number of nitrogens with one attached hydrogen (secondary N) is 2. The van der Waals surface area contributed by atoms with E-state index < -0.39 is 9.84 Å². The number of aromatic nitrogens is 2. The first-order valence-electron chi connectivity index (χ1n) is 12.2. The number of carbonyl (C=O) groups is 1. The van der Waals surface area contributed by atoms with Crippen molar-refractivity contribution in [2.75, 3.05) is 33.3 Å². The first kappa shape index (κ1) is 25.7.